The lowest BCUT2D eigenvalue weighted by molar-refractivity contribution is 0.588. The van der Waals surface area contributed by atoms with Crippen molar-refractivity contribution in [3.63, 3.8) is 0 Å². The molecule has 146 valence electrons. The highest BCUT2D eigenvalue weighted by Gasteiger charge is 2.15. The van der Waals surface area contributed by atoms with Crippen LogP contribution >= 0.6 is 0 Å². The Labute approximate surface area is 167 Å². The number of sulfonamides is 1. The van der Waals surface area contributed by atoms with Gasteiger partial charge in [0, 0.05) is 23.5 Å². The maximum atomic E-state index is 13.4. The molecule has 0 aliphatic heterocycles. The topological polar surface area (TPSA) is 76.9 Å². The number of nitrogens with one attached hydrogen (secondary N) is 1. The van der Waals surface area contributed by atoms with Crippen LogP contribution in [-0.4, -0.2) is 30.2 Å². The first-order valence-corrected chi connectivity index (χ1v) is 10.3. The molecule has 0 spiro atoms. The minimum atomic E-state index is -3.51. The zero-order chi connectivity index (χ0) is 20.4. The van der Waals surface area contributed by atoms with Crippen molar-refractivity contribution in [1.82, 2.24) is 19.5 Å². The molecule has 4 rings (SSSR count). The molecule has 2 aromatic carbocycles. The Morgan fingerprint density at radius 3 is 2.17 bits per heavy atom. The average Bonchev–Trinajstić information content (AvgIpc) is 3.20. The summed E-state index contributed by atoms with van der Waals surface area (Å²) < 4.78 is 41.3. The van der Waals surface area contributed by atoms with Crippen LogP contribution in [0.25, 0.3) is 28.2 Å². The second kappa shape index (κ2) is 7.57. The van der Waals surface area contributed by atoms with Crippen LogP contribution in [-0.2, 0) is 10.0 Å². The largest absolute Gasteiger partial charge is 0.265 e. The van der Waals surface area contributed by atoms with Gasteiger partial charge >= 0.3 is 0 Å². The molecule has 29 heavy (non-hydrogen) atoms. The second-order valence-corrected chi connectivity index (χ2v) is 8.16. The fourth-order valence-corrected chi connectivity index (χ4v) is 3.68. The van der Waals surface area contributed by atoms with Gasteiger partial charge in [0.05, 0.1) is 22.0 Å². The molecular formula is C21H17FN4O2S. The molecule has 0 aliphatic rings. The Hall–Kier alpha value is -3.36. The monoisotopic (exact) mass is 408 g/mol. The third-order valence-electron chi connectivity index (χ3n) is 4.49. The van der Waals surface area contributed by atoms with E-state index in [0.717, 1.165) is 16.8 Å². The summed E-state index contributed by atoms with van der Waals surface area (Å²) in [7, 11) is -2.14. The molecule has 0 saturated heterocycles. The van der Waals surface area contributed by atoms with Crippen molar-refractivity contribution in [2.75, 3.05) is 7.05 Å². The van der Waals surface area contributed by atoms with Crippen LogP contribution in [0.4, 0.5) is 4.39 Å². The molecule has 0 aliphatic carbocycles. The summed E-state index contributed by atoms with van der Waals surface area (Å²) in [5.74, 6) is -0.326. The Bertz CT molecular complexity index is 1240. The zero-order valence-electron chi connectivity index (χ0n) is 15.4. The normalized spacial score (nSPS) is 11.5. The van der Waals surface area contributed by atoms with Gasteiger partial charge in [0.15, 0.2) is 0 Å². The second-order valence-electron chi connectivity index (χ2n) is 6.27. The lowest BCUT2D eigenvalue weighted by Crippen LogP contribution is -2.18. The summed E-state index contributed by atoms with van der Waals surface area (Å²) in [5.41, 5.74) is 3.84. The number of rotatable bonds is 5. The number of hydrogen-bond donors (Lipinski definition) is 1. The van der Waals surface area contributed by atoms with Crippen LogP contribution in [0, 0.1) is 5.82 Å². The lowest BCUT2D eigenvalue weighted by atomic mass is 10.1. The van der Waals surface area contributed by atoms with Crippen molar-refractivity contribution >= 4 is 10.0 Å². The SMILES string of the molecule is CNS(=O)(=O)c1ccc(-c2cc(-c3ccncc3)n(-c3ccc(F)cc3)n2)cc1. The molecule has 1 N–H and O–H groups in total. The van der Waals surface area contributed by atoms with E-state index in [1.807, 2.05) is 18.2 Å². The number of hydrogen-bond acceptors (Lipinski definition) is 4. The first kappa shape index (κ1) is 19.0. The molecule has 2 aromatic heterocycles. The first-order valence-electron chi connectivity index (χ1n) is 8.78. The van der Waals surface area contributed by atoms with Crippen molar-refractivity contribution in [3.8, 4) is 28.2 Å². The molecule has 0 saturated carbocycles. The number of nitrogens with zero attached hydrogens (tertiary/aromatic N) is 3. The fraction of sp³-hybridized carbons (Fsp3) is 0.0476. The fourth-order valence-electron chi connectivity index (χ4n) is 2.95. The van der Waals surface area contributed by atoms with E-state index in [2.05, 4.69) is 14.8 Å². The maximum Gasteiger partial charge on any atom is 0.240 e. The smallest absolute Gasteiger partial charge is 0.240 e. The van der Waals surface area contributed by atoms with Crippen LogP contribution in [0.2, 0.25) is 0 Å². The molecule has 0 unspecified atom stereocenters. The predicted molar refractivity (Wildman–Crippen MR) is 108 cm³/mol. The van der Waals surface area contributed by atoms with Gasteiger partial charge in [-0.2, -0.15) is 5.10 Å². The van der Waals surface area contributed by atoms with E-state index >= 15 is 0 Å². The molecule has 4 aromatic rings. The van der Waals surface area contributed by atoms with Gasteiger partial charge in [-0.1, -0.05) is 12.1 Å². The third kappa shape index (κ3) is 3.80. The van der Waals surface area contributed by atoms with Crippen molar-refractivity contribution in [3.05, 3.63) is 84.9 Å². The van der Waals surface area contributed by atoms with E-state index in [-0.39, 0.29) is 10.7 Å². The van der Waals surface area contributed by atoms with E-state index in [0.29, 0.717) is 11.4 Å². The Morgan fingerprint density at radius 2 is 1.55 bits per heavy atom. The van der Waals surface area contributed by atoms with Crippen molar-refractivity contribution in [2.24, 2.45) is 0 Å². The molecule has 6 nitrogen and oxygen atoms in total. The summed E-state index contributed by atoms with van der Waals surface area (Å²) >= 11 is 0. The Morgan fingerprint density at radius 1 is 0.897 bits per heavy atom. The number of pyridine rings is 1. The van der Waals surface area contributed by atoms with Gasteiger partial charge in [0.1, 0.15) is 5.82 Å². The van der Waals surface area contributed by atoms with Gasteiger partial charge in [-0.3, -0.25) is 4.98 Å². The van der Waals surface area contributed by atoms with Crippen LogP contribution in [0.5, 0.6) is 0 Å². The van der Waals surface area contributed by atoms with Crippen LogP contribution in [0.3, 0.4) is 0 Å². The van der Waals surface area contributed by atoms with E-state index < -0.39 is 10.0 Å². The first-order chi connectivity index (χ1) is 14.0. The molecule has 0 radical (unpaired) electrons. The summed E-state index contributed by atoms with van der Waals surface area (Å²) in [6.45, 7) is 0. The summed E-state index contributed by atoms with van der Waals surface area (Å²) in [6.07, 6.45) is 3.38. The van der Waals surface area contributed by atoms with Gasteiger partial charge in [-0.25, -0.2) is 22.2 Å². The highest BCUT2D eigenvalue weighted by atomic mass is 32.2. The number of benzene rings is 2. The van der Waals surface area contributed by atoms with Gasteiger partial charge in [0.25, 0.3) is 0 Å². The van der Waals surface area contributed by atoms with E-state index in [1.54, 1.807) is 41.3 Å². The Balaban J connectivity index is 1.82. The molecule has 0 amide bonds. The third-order valence-corrected chi connectivity index (χ3v) is 5.92. The summed E-state index contributed by atoms with van der Waals surface area (Å²) in [5, 5.41) is 4.68. The minimum absolute atomic E-state index is 0.177. The van der Waals surface area contributed by atoms with E-state index in [4.69, 9.17) is 0 Å². The highest BCUT2D eigenvalue weighted by Crippen LogP contribution is 2.29. The molecule has 0 fully saturated rings. The minimum Gasteiger partial charge on any atom is -0.265 e. The van der Waals surface area contributed by atoms with Crippen molar-refractivity contribution < 1.29 is 12.8 Å². The van der Waals surface area contributed by atoms with Gasteiger partial charge in [0.2, 0.25) is 10.0 Å². The van der Waals surface area contributed by atoms with Crippen LogP contribution in [0.15, 0.2) is 84.0 Å². The number of aromatic nitrogens is 3. The number of halogens is 1. The van der Waals surface area contributed by atoms with Gasteiger partial charge in [-0.15, -0.1) is 0 Å². The predicted octanol–water partition coefficient (Wildman–Crippen LogP) is 3.65. The lowest BCUT2D eigenvalue weighted by Gasteiger charge is -2.07. The zero-order valence-corrected chi connectivity index (χ0v) is 16.3. The van der Waals surface area contributed by atoms with Crippen LogP contribution < -0.4 is 4.72 Å². The van der Waals surface area contributed by atoms with Gasteiger partial charge in [-0.05, 0) is 61.6 Å². The molecule has 2 heterocycles. The van der Waals surface area contributed by atoms with Crippen molar-refractivity contribution in [2.45, 2.75) is 4.90 Å². The molecule has 0 atom stereocenters. The highest BCUT2D eigenvalue weighted by molar-refractivity contribution is 7.89. The standard InChI is InChI=1S/C21H17FN4O2S/c1-23-29(27,28)19-8-2-15(3-9-19)20-14-21(16-10-12-24-13-11-16)26(25-20)18-6-4-17(22)5-7-18/h2-14,23H,1H3. The maximum absolute atomic E-state index is 13.4. The quantitative estimate of drug-likeness (QED) is 0.547. The van der Waals surface area contributed by atoms with E-state index in [9.17, 15) is 12.8 Å². The summed E-state index contributed by atoms with van der Waals surface area (Å²) in [6, 6.07) is 18.2. The summed E-state index contributed by atoms with van der Waals surface area (Å²) in [4.78, 5) is 4.23. The van der Waals surface area contributed by atoms with Crippen LogP contribution in [0.1, 0.15) is 0 Å². The molecule has 0 bridgehead atoms. The molecular weight excluding hydrogens is 391 g/mol. The Kier molecular flexibility index (Phi) is 4.96. The average molecular weight is 408 g/mol. The van der Waals surface area contributed by atoms with E-state index in [1.165, 1.54) is 31.3 Å². The molecule has 8 heteroatoms. The van der Waals surface area contributed by atoms with Gasteiger partial charge < -0.3 is 0 Å². The van der Waals surface area contributed by atoms with Crippen molar-refractivity contribution in [1.29, 1.82) is 0 Å².